The highest BCUT2D eigenvalue weighted by atomic mass is 16.4. The molecule has 0 saturated carbocycles. The lowest BCUT2D eigenvalue weighted by atomic mass is 9.89. The van der Waals surface area contributed by atoms with Crippen molar-refractivity contribution in [3.05, 3.63) is 0 Å². The summed E-state index contributed by atoms with van der Waals surface area (Å²) in [6.07, 6.45) is 3.80. The zero-order chi connectivity index (χ0) is 11.5. The van der Waals surface area contributed by atoms with Crippen LogP contribution in [0.4, 0.5) is 0 Å². The topological polar surface area (TPSA) is 57.6 Å². The molecule has 0 aromatic carbocycles. The van der Waals surface area contributed by atoms with Crippen molar-refractivity contribution in [1.82, 2.24) is 4.90 Å². The van der Waals surface area contributed by atoms with E-state index in [2.05, 4.69) is 0 Å². The molecular formula is C11H19NO3. The summed E-state index contributed by atoms with van der Waals surface area (Å²) in [6, 6.07) is 0. The number of rotatable bonds is 4. The van der Waals surface area contributed by atoms with Crippen molar-refractivity contribution in [2.45, 2.75) is 51.5 Å². The minimum atomic E-state index is -0.915. The van der Waals surface area contributed by atoms with Gasteiger partial charge in [-0.25, -0.2) is 4.79 Å². The van der Waals surface area contributed by atoms with E-state index in [-0.39, 0.29) is 5.91 Å². The number of hydrogen-bond acceptors (Lipinski definition) is 2. The van der Waals surface area contributed by atoms with Crippen molar-refractivity contribution in [3.8, 4) is 0 Å². The summed E-state index contributed by atoms with van der Waals surface area (Å²) >= 11 is 0. The molecule has 1 rings (SSSR count). The number of hydrogen-bond donors (Lipinski definition) is 1. The number of amides is 1. The van der Waals surface area contributed by atoms with Gasteiger partial charge in [0.2, 0.25) is 5.91 Å². The van der Waals surface area contributed by atoms with E-state index < -0.39 is 11.5 Å². The smallest absolute Gasteiger partial charge is 0.329 e. The Bertz CT molecular complexity index is 265. The largest absolute Gasteiger partial charge is 0.479 e. The maximum Gasteiger partial charge on any atom is 0.329 e. The normalized spacial score (nSPS) is 25.6. The number of carboxylic acid groups (broad SMARTS) is 1. The molecule has 4 nitrogen and oxygen atoms in total. The second kappa shape index (κ2) is 4.64. The van der Waals surface area contributed by atoms with E-state index in [0.29, 0.717) is 19.4 Å². The first-order chi connectivity index (χ1) is 7.04. The Labute approximate surface area is 90.3 Å². The van der Waals surface area contributed by atoms with Crippen LogP contribution in [0.5, 0.6) is 0 Å². The Balaban J connectivity index is 2.88. The molecule has 0 radical (unpaired) electrons. The lowest BCUT2D eigenvalue weighted by molar-refractivity contribution is -0.156. The van der Waals surface area contributed by atoms with Crippen LogP contribution < -0.4 is 0 Å². The lowest BCUT2D eigenvalue weighted by Gasteiger charge is -2.34. The minimum Gasteiger partial charge on any atom is -0.479 e. The van der Waals surface area contributed by atoms with Gasteiger partial charge < -0.3 is 10.0 Å². The van der Waals surface area contributed by atoms with Crippen LogP contribution in [0.2, 0.25) is 0 Å². The maximum absolute atomic E-state index is 11.4. The van der Waals surface area contributed by atoms with Crippen LogP contribution in [0, 0.1) is 0 Å². The van der Waals surface area contributed by atoms with Crippen LogP contribution in [-0.2, 0) is 9.59 Å². The zero-order valence-corrected chi connectivity index (χ0v) is 9.45. The van der Waals surface area contributed by atoms with Gasteiger partial charge in [-0.05, 0) is 19.3 Å². The molecule has 0 aromatic rings. The van der Waals surface area contributed by atoms with E-state index >= 15 is 0 Å². The van der Waals surface area contributed by atoms with Gasteiger partial charge in [-0.3, -0.25) is 4.79 Å². The molecule has 15 heavy (non-hydrogen) atoms. The fourth-order valence-electron chi connectivity index (χ4n) is 2.40. The number of likely N-dealkylation sites (tertiary alicyclic amines) is 1. The van der Waals surface area contributed by atoms with Crippen LogP contribution in [0.15, 0.2) is 0 Å². The second-order valence-corrected chi connectivity index (χ2v) is 4.21. The van der Waals surface area contributed by atoms with Crippen molar-refractivity contribution < 1.29 is 14.7 Å². The third kappa shape index (κ3) is 2.13. The molecule has 86 valence electrons. The molecule has 1 saturated heterocycles. The fraction of sp³-hybridized carbons (Fsp3) is 0.818. The molecule has 1 N–H and O–H groups in total. The summed E-state index contributed by atoms with van der Waals surface area (Å²) in [6.45, 7) is 4.07. The Hall–Kier alpha value is -1.06. The highest BCUT2D eigenvalue weighted by molar-refractivity contribution is 5.86. The number of carbonyl (C=O) groups is 2. The van der Waals surface area contributed by atoms with Crippen LogP contribution in [0.25, 0.3) is 0 Å². The Kier molecular flexibility index (Phi) is 3.72. The van der Waals surface area contributed by atoms with E-state index in [9.17, 15) is 14.7 Å². The van der Waals surface area contributed by atoms with Gasteiger partial charge in [0.15, 0.2) is 0 Å². The van der Waals surface area contributed by atoms with E-state index in [1.807, 2.05) is 6.92 Å². The monoisotopic (exact) mass is 213 g/mol. The fourth-order valence-corrected chi connectivity index (χ4v) is 2.40. The molecular weight excluding hydrogens is 194 g/mol. The van der Waals surface area contributed by atoms with E-state index in [4.69, 9.17) is 0 Å². The van der Waals surface area contributed by atoms with Crippen molar-refractivity contribution in [3.63, 3.8) is 0 Å². The Morgan fingerprint density at radius 2 is 2.13 bits per heavy atom. The molecule has 1 heterocycles. The molecule has 0 unspecified atom stereocenters. The second-order valence-electron chi connectivity index (χ2n) is 4.21. The van der Waals surface area contributed by atoms with Crippen molar-refractivity contribution in [2.75, 3.05) is 6.54 Å². The molecule has 4 heteroatoms. The van der Waals surface area contributed by atoms with Crippen LogP contribution in [-0.4, -0.2) is 34.0 Å². The third-order valence-electron chi connectivity index (χ3n) is 3.21. The zero-order valence-electron chi connectivity index (χ0n) is 9.45. The summed E-state index contributed by atoms with van der Waals surface area (Å²) in [4.78, 5) is 24.3. The van der Waals surface area contributed by atoms with Crippen LogP contribution in [0.1, 0.15) is 46.0 Å². The number of unbranched alkanes of at least 4 members (excludes halogenated alkanes) is 1. The summed E-state index contributed by atoms with van der Waals surface area (Å²) in [7, 11) is 0. The Morgan fingerprint density at radius 3 is 2.60 bits per heavy atom. The summed E-state index contributed by atoms with van der Waals surface area (Å²) in [5.41, 5.74) is -0.915. The number of nitrogens with zero attached hydrogens (tertiary/aromatic N) is 1. The molecule has 0 bridgehead atoms. The van der Waals surface area contributed by atoms with E-state index in [1.54, 1.807) is 0 Å². The SMILES string of the molecule is CCCC[C@@]1(C(=O)O)CCCN1C(C)=O. The van der Waals surface area contributed by atoms with E-state index in [0.717, 1.165) is 19.3 Å². The first kappa shape index (κ1) is 12.0. The third-order valence-corrected chi connectivity index (χ3v) is 3.21. The van der Waals surface area contributed by atoms with Gasteiger partial charge in [0.1, 0.15) is 5.54 Å². The van der Waals surface area contributed by atoms with Crippen molar-refractivity contribution in [2.24, 2.45) is 0 Å². The standard InChI is InChI=1S/C11H19NO3/c1-3-4-6-11(10(14)15)7-5-8-12(11)9(2)13/h3-8H2,1-2H3,(H,14,15)/t11-/m0/s1. The molecule has 1 atom stereocenters. The van der Waals surface area contributed by atoms with Gasteiger partial charge in [0, 0.05) is 13.5 Å². The quantitative estimate of drug-likeness (QED) is 0.772. The minimum absolute atomic E-state index is 0.119. The molecule has 1 fully saturated rings. The summed E-state index contributed by atoms with van der Waals surface area (Å²) < 4.78 is 0. The molecule has 1 aliphatic rings. The molecule has 1 amide bonds. The molecule has 1 aliphatic heterocycles. The van der Waals surface area contributed by atoms with Gasteiger partial charge >= 0.3 is 5.97 Å². The van der Waals surface area contributed by atoms with Gasteiger partial charge in [-0.1, -0.05) is 19.8 Å². The first-order valence-corrected chi connectivity index (χ1v) is 5.56. The predicted molar refractivity (Wildman–Crippen MR) is 56.5 cm³/mol. The number of carboxylic acids is 1. The number of carbonyl (C=O) groups excluding carboxylic acids is 1. The van der Waals surface area contributed by atoms with Gasteiger partial charge in [-0.15, -0.1) is 0 Å². The first-order valence-electron chi connectivity index (χ1n) is 5.56. The highest BCUT2D eigenvalue weighted by Gasteiger charge is 2.48. The van der Waals surface area contributed by atoms with Gasteiger partial charge in [0.05, 0.1) is 0 Å². The highest BCUT2D eigenvalue weighted by Crippen LogP contribution is 2.34. The average Bonchev–Trinajstić information content (AvgIpc) is 2.59. The van der Waals surface area contributed by atoms with Crippen molar-refractivity contribution >= 4 is 11.9 Å². The predicted octanol–water partition coefficient (Wildman–Crippen LogP) is 1.64. The van der Waals surface area contributed by atoms with Crippen molar-refractivity contribution in [1.29, 1.82) is 0 Å². The molecule has 0 spiro atoms. The molecule has 0 aliphatic carbocycles. The van der Waals surface area contributed by atoms with E-state index in [1.165, 1.54) is 11.8 Å². The summed E-state index contributed by atoms with van der Waals surface area (Å²) in [5.74, 6) is -0.963. The number of aliphatic carboxylic acids is 1. The summed E-state index contributed by atoms with van der Waals surface area (Å²) in [5, 5.41) is 9.32. The lowest BCUT2D eigenvalue weighted by Crippen LogP contribution is -2.52. The average molecular weight is 213 g/mol. The Morgan fingerprint density at radius 1 is 1.47 bits per heavy atom. The maximum atomic E-state index is 11.4. The molecule has 0 aromatic heterocycles. The van der Waals surface area contributed by atoms with Gasteiger partial charge in [0.25, 0.3) is 0 Å². The van der Waals surface area contributed by atoms with Crippen LogP contribution >= 0.6 is 0 Å². The van der Waals surface area contributed by atoms with Crippen LogP contribution in [0.3, 0.4) is 0 Å². The van der Waals surface area contributed by atoms with Gasteiger partial charge in [-0.2, -0.15) is 0 Å².